The van der Waals surface area contributed by atoms with Crippen LogP contribution in [-0.2, 0) is 0 Å². The molecule has 5 heteroatoms. The van der Waals surface area contributed by atoms with E-state index in [0.717, 1.165) is 11.6 Å². The molecule has 0 spiro atoms. The van der Waals surface area contributed by atoms with Crippen molar-refractivity contribution in [2.45, 2.75) is 6.04 Å². The molecule has 0 aliphatic carbocycles. The van der Waals surface area contributed by atoms with Crippen LogP contribution in [0.5, 0.6) is 5.75 Å². The molecular weight excluding hydrogens is 250 g/mol. The Morgan fingerprint density at radius 2 is 1.89 bits per heavy atom. The van der Waals surface area contributed by atoms with Crippen LogP contribution < -0.4 is 10.1 Å². The number of aromatic nitrogens is 1. The second-order valence-corrected chi connectivity index (χ2v) is 4.05. The molecule has 0 saturated heterocycles. The highest BCUT2D eigenvalue weighted by molar-refractivity contribution is 5.34. The first-order chi connectivity index (χ1) is 9.15. The van der Waals surface area contributed by atoms with Crippen molar-refractivity contribution in [2.24, 2.45) is 0 Å². The number of nitrogens with zero attached hydrogens (tertiary/aromatic N) is 1. The van der Waals surface area contributed by atoms with Crippen LogP contribution in [0.4, 0.5) is 8.78 Å². The normalized spacial score (nSPS) is 12.2. The van der Waals surface area contributed by atoms with Crippen LogP contribution >= 0.6 is 0 Å². The fraction of sp³-hybridized carbons (Fsp3) is 0.214. The summed E-state index contributed by atoms with van der Waals surface area (Å²) < 4.78 is 31.4. The van der Waals surface area contributed by atoms with Crippen LogP contribution in [0.3, 0.4) is 0 Å². The minimum Gasteiger partial charge on any atom is -0.495 e. The summed E-state index contributed by atoms with van der Waals surface area (Å²) in [6.07, 6.45) is 3.24. The summed E-state index contributed by atoms with van der Waals surface area (Å²) in [5.74, 6) is -1.11. The molecule has 1 heterocycles. The molecule has 19 heavy (non-hydrogen) atoms. The molecule has 0 aliphatic rings. The fourth-order valence-corrected chi connectivity index (χ4v) is 1.92. The molecule has 0 saturated carbocycles. The number of nitrogens with one attached hydrogen (secondary N) is 1. The molecule has 1 N–H and O–H groups in total. The van der Waals surface area contributed by atoms with Gasteiger partial charge in [-0.1, -0.05) is 6.07 Å². The van der Waals surface area contributed by atoms with E-state index < -0.39 is 11.6 Å². The van der Waals surface area contributed by atoms with Gasteiger partial charge in [-0.15, -0.1) is 0 Å². The molecule has 1 aromatic heterocycles. The summed E-state index contributed by atoms with van der Waals surface area (Å²) >= 11 is 0. The minimum atomic E-state index is -0.867. The molecule has 100 valence electrons. The number of halogens is 2. The van der Waals surface area contributed by atoms with Crippen LogP contribution in [-0.4, -0.2) is 19.1 Å². The van der Waals surface area contributed by atoms with Crippen LogP contribution in [0.25, 0.3) is 0 Å². The first-order valence-corrected chi connectivity index (χ1v) is 5.77. The zero-order valence-electron chi connectivity index (χ0n) is 10.7. The monoisotopic (exact) mass is 264 g/mol. The van der Waals surface area contributed by atoms with E-state index in [0.29, 0.717) is 11.3 Å². The maximum Gasteiger partial charge on any atom is 0.159 e. The van der Waals surface area contributed by atoms with Gasteiger partial charge in [-0.25, -0.2) is 8.78 Å². The first kappa shape index (κ1) is 13.4. The van der Waals surface area contributed by atoms with Gasteiger partial charge in [0.2, 0.25) is 0 Å². The molecule has 1 aromatic carbocycles. The molecule has 0 amide bonds. The summed E-state index contributed by atoms with van der Waals surface area (Å²) in [4.78, 5) is 4.06. The van der Waals surface area contributed by atoms with Gasteiger partial charge in [0, 0.05) is 6.20 Å². The number of benzene rings is 1. The number of ether oxygens (including phenoxy) is 1. The van der Waals surface area contributed by atoms with E-state index >= 15 is 0 Å². The Hall–Kier alpha value is -2.01. The van der Waals surface area contributed by atoms with Crippen molar-refractivity contribution in [3.63, 3.8) is 0 Å². The quantitative estimate of drug-likeness (QED) is 0.922. The average molecular weight is 264 g/mol. The zero-order chi connectivity index (χ0) is 13.8. The van der Waals surface area contributed by atoms with E-state index in [1.165, 1.54) is 6.07 Å². The van der Waals surface area contributed by atoms with E-state index in [4.69, 9.17) is 4.74 Å². The standard InChI is InChI=1S/C14H14F2N2O/c1-17-14(9-3-4-12(15)13(16)6-9)10-5-11(19-2)8-18-7-10/h3-8,14,17H,1-2H3. The molecule has 1 atom stereocenters. The fourth-order valence-electron chi connectivity index (χ4n) is 1.92. The minimum absolute atomic E-state index is 0.280. The summed E-state index contributed by atoms with van der Waals surface area (Å²) in [6, 6.07) is 5.35. The van der Waals surface area contributed by atoms with Crippen molar-refractivity contribution in [3.05, 3.63) is 59.4 Å². The van der Waals surface area contributed by atoms with Gasteiger partial charge in [-0.3, -0.25) is 4.98 Å². The Morgan fingerprint density at radius 3 is 2.53 bits per heavy atom. The largest absolute Gasteiger partial charge is 0.495 e. The SMILES string of the molecule is CNC(c1cncc(OC)c1)c1ccc(F)c(F)c1. The first-order valence-electron chi connectivity index (χ1n) is 5.77. The van der Waals surface area contributed by atoms with Gasteiger partial charge in [0.25, 0.3) is 0 Å². The maximum atomic E-state index is 13.3. The number of hydrogen-bond donors (Lipinski definition) is 1. The second kappa shape index (κ2) is 5.75. The molecule has 0 bridgehead atoms. The van der Waals surface area contributed by atoms with Gasteiger partial charge >= 0.3 is 0 Å². The van der Waals surface area contributed by atoms with Gasteiger partial charge < -0.3 is 10.1 Å². The van der Waals surface area contributed by atoms with E-state index in [-0.39, 0.29) is 6.04 Å². The van der Waals surface area contributed by atoms with Crippen molar-refractivity contribution in [1.29, 1.82) is 0 Å². The third-order valence-corrected chi connectivity index (χ3v) is 2.87. The highest BCUT2D eigenvalue weighted by atomic mass is 19.2. The van der Waals surface area contributed by atoms with Gasteiger partial charge in [0.05, 0.1) is 19.3 Å². The molecule has 0 aliphatic heterocycles. The Bertz CT molecular complexity index is 575. The van der Waals surface area contributed by atoms with Crippen LogP contribution in [0.1, 0.15) is 17.2 Å². The van der Waals surface area contributed by atoms with Crippen molar-refractivity contribution in [1.82, 2.24) is 10.3 Å². The van der Waals surface area contributed by atoms with Crippen molar-refractivity contribution in [3.8, 4) is 5.75 Å². The molecule has 0 fully saturated rings. The van der Waals surface area contributed by atoms with Gasteiger partial charge in [0.1, 0.15) is 5.75 Å². The topological polar surface area (TPSA) is 34.2 Å². The molecule has 2 aromatic rings. The highest BCUT2D eigenvalue weighted by Gasteiger charge is 2.15. The maximum absolute atomic E-state index is 13.3. The number of pyridine rings is 1. The molecule has 1 unspecified atom stereocenters. The van der Waals surface area contributed by atoms with Crippen molar-refractivity contribution >= 4 is 0 Å². The van der Waals surface area contributed by atoms with E-state index in [1.54, 1.807) is 38.7 Å². The van der Waals surface area contributed by atoms with E-state index in [9.17, 15) is 8.78 Å². The Labute approximate surface area is 110 Å². The summed E-state index contributed by atoms with van der Waals surface area (Å²) in [5, 5.41) is 3.05. The van der Waals surface area contributed by atoms with Gasteiger partial charge in [-0.2, -0.15) is 0 Å². The number of hydrogen-bond acceptors (Lipinski definition) is 3. The van der Waals surface area contributed by atoms with Crippen LogP contribution in [0.15, 0.2) is 36.7 Å². The third kappa shape index (κ3) is 2.88. The van der Waals surface area contributed by atoms with Crippen LogP contribution in [0, 0.1) is 11.6 Å². The lowest BCUT2D eigenvalue weighted by Crippen LogP contribution is -2.18. The Kier molecular flexibility index (Phi) is 4.06. The summed E-state index contributed by atoms with van der Waals surface area (Å²) in [5.41, 5.74) is 1.43. The summed E-state index contributed by atoms with van der Waals surface area (Å²) in [6.45, 7) is 0. The third-order valence-electron chi connectivity index (χ3n) is 2.87. The molecule has 2 rings (SSSR count). The lowest BCUT2D eigenvalue weighted by molar-refractivity contribution is 0.411. The summed E-state index contributed by atoms with van der Waals surface area (Å²) in [7, 11) is 3.29. The van der Waals surface area contributed by atoms with Gasteiger partial charge in [-0.05, 0) is 36.4 Å². The zero-order valence-corrected chi connectivity index (χ0v) is 10.7. The average Bonchev–Trinajstić information content (AvgIpc) is 2.44. The lowest BCUT2D eigenvalue weighted by Gasteiger charge is -2.17. The van der Waals surface area contributed by atoms with Crippen molar-refractivity contribution in [2.75, 3.05) is 14.2 Å². The van der Waals surface area contributed by atoms with Crippen molar-refractivity contribution < 1.29 is 13.5 Å². The van der Waals surface area contributed by atoms with Crippen LogP contribution in [0.2, 0.25) is 0 Å². The highest BCUT2D eigenvalue weighted by Crippen LogP contribution is 2.25. The van der Waals surface area contributed by atoms with Gasteiger partial charge in [0.15, 0.2) is 11.6 Å². The predicted octanol–water partition coefficient (Wildman–Crippen LogP) is 2.68. The molecule has 0 radical (unpaired) electrons. The van der Waals surface area contributed by atoms with E-state index in [2.05, 4.69) is 10.3 Å². The Balaban J connectivity index is 2.40. The molecule has 3 nitrogen and oxygen atoms in total. The second-order valence-electron chi connectivity index (χ2n) is 4.05. The van der Waals surface area contributed by atoms with E-state index in [1.807, 2.05) is 0 Å². The number of methoxy groups -OCH3 is 1. The Morgan fingerprint density at radius 1 is 1.11 bits per heavy atom. The lowest BCUT2D eigenvalue weighted by atomic mass is 10.00. The number of rotatable bonds is 4. The predicted molar refractivity (Wildman–Crippen MR) is 68.0 cm³/mol. The molecular formula is C14H14F2N2O. The smallest absolute Gasteiger partial charge is 0.159 e.